The van der Waals surface area contributed by atoms with Crippen LogP contribution in [-0.4, -0.2) is 30.2 Å². The van der Waals surface area contributed by atoms with Crippen molar-refractivity contribution in [3.8, 4) is 0 Å². The zero-order valence-corrected chi connectivity index (χ0v) is 15.5. The number of hydrogen-bond acceptors (Lipinski definition) is 3. The molecule has 2 unspecified atom stereocenters. The van der Waals surface area contributed by atoms with Gasteiger partial charge in [-0.2, -0.15) is 0 Å². The van der Waals surface area contributed by atoms with E-state index in [1.165, 1.54) is 12.5 Å². The molecule has 0 N–H and O–H groups in total. The number of amides is 2. The minimum atomic E-state index is -0.349. The summed E-state index contributed by atoms with van der Waals surface area (Å²) in [5.74, 6) is -0.393. The van der Waals surface area contributed by atoms with Crippen LogP contribution in [0.2, 0.25) is 0 Å². The van der Waals surface area contributed by atoms with Gasteiger partial charge in [0, 0.05) is 35.9 Å². The van der Waals surface area contributed by atoms with Gasteiger partial charge in [0.1, 0.15) is 0 Å². The zero-order chi connectivity index (χ0) is 19.1. The number of hydrogen-bond donors (Lipinski definition) is 0. The van der Waals surface area contributed by atoms with Crippen molar-refractivity contribution in [3.05, 3.63) is 59.7 Å². The van der Waals surface area contributed by atoms with E-state index < -0.39 is 0 Å². The summed E-state index contributed by atoms with van der Waals surface area (Å²) in [5, 5.41) is 0. The molecule has 0 radical (unpaired) electrons. The average molecular weight is 362 g/mol. The van der Waals surface area contributed by atoms with E-state index in [0.717, 1.165) is 17.8 Å². The highest BCUT2D eigenvalue weighted by atomic mass is 16.2. The molecule has 2 heterocycles. The molecule has 0 bridgehead atoms. The van der Waals surface area contributed by atoms with Crippen molar-refractivity contribution >= 4 is 29.0 Å². The molecule has 2 aliphatic rings. The molecule has 2 aromatic carbocycles. The van der Waals surface area contributed by atoms with Gasteiger partial charge in [0.15, 0.2) is 5.78 Å². The predicted molar refractivity (Wildman–Crippen MR) is 104 cm³/mol. The fourth-order valence-corrected chi connectivity index (χ4v) is 4.10. The Labute approximate surface area is 158 Å². The first kappa shape index (κ1) is 17.5. The van der Waals surface area contributed by atoms with Gasteiger partial charge in [-0.15, -0.1) is 0 Å². The van der Waals surface area contributed by atoms with E-state index in [2.05, 4.69) is 6.07 Å². The van der Waals surface area contributed by atoms with Crippen molar-refractivity contribution in [2.45, 2.75) is 32.7 Å². The second-order valence-corrected chi connectivity index (χ2v) is 7.40. The maximum atomic E-state index is 13.2. The lowest BCUT2D eigenvalue weighted by Crippen LogP contribution is -2.41. The number of rotatable bonds is 3. The standard InChI is InChI=1S/C22H22N2O3/c1-14-11-17-5-3-4-6-20(17)24(14)22(27)18-12-21(26)23(13-18)19-9-7-16(8-10-19)15(2)25/h3-10,14,18H,11-13H2,1-2H3. The van der Waals surface area contributed by atoms with Gasteiger partial charge in [-0.1, -0.05) is 18.2 Å². The molecular formula is C22H22N2O3. The summed E-state index contributed by atoms with van der Waals surface area (Å²) in [6.07, 6.45) is 1.07. The van der Waals surface area contributed by atoms with Gasteiger partial charge in [-0.25, -0.2) is 0 Å². The Kier molecular flexibility index (Phi) is 4.30. The summed E-state index contributed by atoms with van der Waals surface area (Å²) in [7, 11) is 0. The smallest absolute Gasteiger partial charge is 0.232 e. The third-order valence-electron chi connectivity index (χ3n) is 5.50. The average Bonchev–Trinajstić information content (AvgIpc) is 3.20. The topological polar surface area (TPSA) is 57.7 Å². The number of benzene rings is 2. The van der Waals surface area contributed by atoms with E-state index in [0.29, 0.717) is 12.1 Å². The molecule has 5 nitrogen and oxygen atoms in total. The third kappa shape index (κ3) is 3.03. The van der Waals surface area contributed by atoms with Crippen LogP contribution in [0, 0.1) is 5.92 Å². The quantitative estimate of drug-likeness (QED) is 0.788. The molecule has 0 spiro atoms. The maximum absolute atomic E-state index is 13.2. The number of carbonyl (C=O) groups excluding carboxylic acids is 3. The molecule has 4 rings (SSSR count). The Morgan fingerprint density at radius 1 is 1.00 bits per heavy atom. The number of Topliss-reactive ketones (excluding diaryl/α,β-unsaturated/α-hetero) is 1. The molecule has 2 aromatic rings. The minimum Gasteiger partial charge on any atom is -0.312 e. The Morgan fingerprint density at radius 3 is 2.41 bits per heavy atom. The van der Waals surface area contributed by atoms with Gasteiger partial charge in [0.05, 0.1) is 5.92 Å². The van der Waals surface area contributed by atoms with Gasteiger partial charge < -0.3 is 9.80 Å². The van der Waals surface area contributed by atoms with Crippen molar-refractivity contribution in [2.75, 3.05) is 16.3 Å². The number of carbonyl (C=O) groups is 3. The molecule has 0 aliphatic carbocycles. The number of para-hydroxylation sites is 1. The van der Waals surface area contributed by atoms with Crippen LogP contribution in [0.1, 0.15) is 36.2 Å². The summed E-state index contributed by atoms with van der Waals surface area (Å²) in [6, 6.07) is 15.1. The Bertz CT molecular complexity index is 919. The van der Waals surface area contributed by atoms with Gasteiger partial charge >= 0.3 is 0 Å². The molecular weight excluding hydrogens is 340 g/mol. The largest absolute Gasteiger partial charge is 0.312 e. The fraction of sp³-hybridized carbons (Fsp3) is 0.318. The van der Waals surface area contributed by atoms with Gasteiger partial charge in [-0.3, -0.25) is 14.4 Å². The van der Waals surface area contributed by atoms with E-state index in [9.17, 15) is 14.4 Å². The monoisotopic (exact) mass is 362 g/mol. The fourth-order valence-electron chi connectivity index (χ4n) is 4.10. The summed E-state index contributed by atoms with van der Waals surface area (Å²) in [4.78, 5) is 40.7. The molecule has 27 heavy (non-hydrogen) atoms. The highest BCUT2D eigenvalue weighted by Gasteiger charge is 2.41. The van der Waals surface area contributed by atoms with E-state index in [1.807, 2.05) is 30.0 Å². The molecule has 2 atom stereocenters. The normalized spacial score (nSPS) is 21.5. The number of nitrogens with zero attached hydrogens (tertiary/aromatic N) is 2. The lowest BCUT2D eigenvalue weighted by atomic mass is 10.1. The zero-order valence-electron chi connectivity index (χ0n) is 15.5. The molecule has 0 saturated carbocycles. The highest BCUT2D eigenvalue weighted by molar-refractivity contribution is 6.05. The molecule has 2 amide bonds. The second kappa shape index (κ2) is 6.65. The van der Waals surface area contributed by atoms with Crippen LogP contribution in [0.5, 0.6) is 0 Å². The van der Waals surface area contributed by atoms with Crippen molar-refractivity contribution in [3.63, 3.8) is 0 Å². The lowest BCUT2D eigenvalue weighted by molar-refractivity contribution is -0.124. The van der Waals surface area contributed by atoms with Crippen LogP contribution in [0.4, 0.5) is 11.4 Å². The summed E-state index contributed by atoms with van der Waals surface area (Å²) >= 11 is 0. The predicted octanol–water partition coefficient (Wildman–Crippen LogP) is 3.22. The van der Waals surface area contributed by atoms with Crippen LogP contribution >= 0.6 is 0 Å². The Hall–Kier alpha value is -2.95. The van der Waals surface area contributed by atoms with Crippen LogP contribution < -0.4 is 9.80 Å². The molecule has 138 valence electrons. The van der Waals surface area contributed by atoms with E-state index in [-0.39, 0.29) is 36.0 Å². The van der Waals surface area contributed by atoms with Crippen LogP contribution in [-0.2, 0) is 16.0 Å². The summed E-state index contributed by atoms with van der Waals surface area (Å²) in [5.41, 5.74) is 3.49. The number of anilines is 2. The van der Waals surface area contributed by atoms with Crippen molar-refractivity contribution in [2.24, 2.45) is 5.92 Å². The van der Waals surface area contributed by atoms with Crippen molar-refractivity contribution in [1.82, 2.24) is 0 Å². The SMILES string of the molecule is CC(=O)c1ccc(N2CC(C(=O)N3c4ccccc4CC3C)CC2=O)cc1. The van der Waals surface area contributed by atoms with Gasteiger partial charge in [0.25, 0.3) is 0 Å². The van der Waals surface area contributed by atoms with E-state index >= 15 is 0 Å². The molecule has 0 aromatic heterocycles. The van der Waals surface area contributed by atoms with E-state index in [1.54, 1.807) is 29.2 Å². The minimum absolute atomic E-state index is 0.0101. The van der Waals surface area contributed by atoms with Crippen molar-refractivity contribution < 1.29 is 14.4 Å². The summed E-state index contributed by atoms with van der Waals surface area (Å²) in [6.45, 7) is 3.94. The Morgan fingerprint density at radius 2 is 1.70 bits per heavy atom. The maximum Gasteiger partial charge on any atom is 0.232 e. The van der Waals surface area contributed by atoms with Crippen LogP contribution in [0.3, 0.4) is 0 Å². The second-order valence-electron chi connectivity index (χ2n) is 7.40. The lowest BCUT2D eigenvalue weighted by Gasteiger charge is -2.26. The number of ketones is 1. The van der Waals surface area contributed by atoms with E-state index in [4.69, 9.17) is 0 Å². The first-order valence-corrected chi connectivity index (χ1v) is 9.28. The van der Waals surface area contributed by atoms with Crippen LogP contribution in [0.15, 0.2) is 48.5 Å². The first-order chi connectivity index (χ1) is 13.0. The van der Waals surface area contributed by atoms with Crippen molar-refractivity contribution in [1.29, 1.82) is 0 Å². The summed E-state index contributed by atoms with van der Waals surface area (Å²) < 4.78 is 0. The van der Waals surface area contributed by atoms with Crippen LogP contribution in [0.25, 0.3) is 0 Å². The highest BCUT2D eigenvalue weighted by Crippen LogP contribution is 2.35. The van der Waals surface area contributed by atoms with Gasteiger partial charge in [0.2, 0.25) is 11.8 Å². The van der Waals surface area contributed by atoms with Gasteiger partial charge in [-0.05, 0) is 56.2 Å². The molecule has 1 fully saturated rings. The Balaban J connectivity index is 1.54. The molecule has 1 saturated heterocycles. The number of fused-ring (bicyclic) bond motifs is 1. The molecule has 2 aliphatic heterocycles. The third-order valence-corrected chi connectivity index (χ3v) is 5.50. The molecule has 5 heteroatoms. The first-order valence-electron chi connectivity index (χ1n) is 9.28.